The van der Waals surface area contributed by atoms with Gasteiger partial charge in [0.1, 0.15) is 0 Å². The van der Waals surface area contributed by atoms with E-state index in [-0.39, 0.29) is 18.1 Å². The highest BCUT2D eigenvalue weighted by Gasteiger charge is 2.16. The average Bonchev–Trinajstić information content (AvgIpc) is 1.87. The fourth-order valence-electron chi connectivity index (χ4n) is 0.904. The smallest absolute Gasteiger partial charge is 0.0821 e. The van der Waals surface area contributed by atoms with E-state index in [1.807, 2.05) is 27.7 Å². The molecule has 0 saturated carbocycles. The van der Waals surface area contributed by atoms with Crippen molar-refractivity contribution in [2.24, 2.45) is 5.92 Å². The summed E-state index contributed by atoms with van der Waals surface area (Å²) in [6.45, 7) is 8.48. The Morgan fingerprint density at radius 1 is 1.30 bits per heavy atom. The molecule has 0 aliphatic heterocycles. The van der Waals surface area contributed by atoms with Crippen molar-refractivity contribution < 1.29 is 9.84 Å². The van der Waals surface area contributed by atoms with E-state index < -0.39 is 0 Å². The number of hydrogen-bond acceptors (Lipinski definition) is 2. The lowest BCUT2D eigenvalue weighted by Gasteiger charge is -2.21. The Bertz CT molecular complexity index is 81.3. The van der Waals surface area contributed by atoms with Crippen LogP contribution in [0.25, 0.3) is 0 Å². The van der Waals surface area contributed by atoms with Gasteiger partial charge in [-0.2, -0.15) is 0 Å². The maximum atomic E-state index is 9.40. The molecule has 2 nitrogen and oxygen atoms in total. The summed E-state index contributed by atoms with van der Waals surface area (Å²) in [6.07, 6.45) is -0.370. The highest BCUT2D eigenvalue weighted by atomic mass is 16.5. The van der Waals surface area contributed by atoms with Crippen LogP contribution < -0.4 is 0 Å². The Hall–Kier alpha value is -0.0800. The van der Waals surface area contributed by atoms with Crippen LogP contribution in [0, 0.1) is 5.92 Å². The van der Waals surface area contributed by atoms with E-state index in [1.54, 1.807) is 0 Å². The fraction of sp³-hybridized carbons (Fsp3) is 1.00. The average molecular weight is 146 g/mol. The first-order chi connectivity index (χ1) is 4.59. The van der Waals surface area contributed by atoms with Crippen molar-refractivity contribution in [2.75, 3.05) is 6.61 Å². The predicted octanol–water partition coefficient (Wildman–Crippen LogP) is 1.43. The highest BCUT2D eigenvalue weighted by Crippen LogP contribution is 2.08. The predicted molar refractivity (Wildman–Crippen MR) is 41.9 cm³/mol. The molecule has 2 heteroatoms. The van der Waals surface area contributed by atoms with E-state index in [0.29, 0.717) is 6.61 Å². The van der Waals surface area contributed by atoms with Crippen LogP contribution in [0.15, 0.2) is 0 Å². The minimum atomic E-state index is -0.333. The van der Waals surface area contributed by atoms with E-state index in [4.69, 9.17) is 4.74 Å². The number of aliphatic hydroxyl groups excluding tert-OH is 1. The third kappa shape index (κ3) is 3.18. The SMILES string of the molecule is CCOC(C)C(O)C(C)C. The zero-order valence-corrected chi connectivity index (χ0v) is 7.29. The van der Waals surface area contributed by atoms with Crippen molar-refractivity contribution in [1.82, 2.24) is 0 Å². The molecule has 62 valence electrons. The summed E-state index contributed by atoms with van der Waals surface area (Å²) in [6, 6.07) is 0. The van der Waals surface area contributed by atoms with E-state index in [0.717, 1.165) is 0 Å². The Morgan fingerprint density at radius 2 is 1.80 bits per heavy atom. The topological polar surface area (TPSA) is 29.5 Å². The maximum absolute atomic E-state index is 9.40. The summed E-state index contributed by atoms with van der Waals surface area (Å²) in [5.74, 6) is 0.279. The molecule has 0 aromatic carbocycles. The normalized spacial score (nSPS) is 17.4. The number of hydrogen-bond donors (Lipinski definition) is 1. The second-order valence-electron chi connectivity index (χ2n) is 2.90. The van der Waals surface area contributed by atoms with Gasteiger partial charge in [-0.05, 0) is 19.8 Å². The Labute approximate surface area is 63.2 Å². The van der Waals surface area contributed by atoms with Crippen LogP contribution in [0.5, 0.6) is 0 Å². The first kappa shape index (κ1) is 9.92. The van der Waals surface area contributed by atoms with Crippen LogP contribution in [0.3, 0.4) is 0 Å². The van der Waals surface area contributed by atoms with Crippen LogP contribution in [0.1, 0.15) is 27.7 Å². The van der Waals surface area contributed by atoms with Gasteiger partial charge in [-0.15, -0.1) is 0 Å². The van der Waals surface area contributed by atoms with Gasteiger partial charge in [0, 0.05) is 6.61 Å². The lowest BCUT2D eigenvalue weighted by Crippen LogP contribution is -2.30. The van der Waals surface area contributed by atoms with E-state index in [1.165, 1.54) is 0 Å². The lowest BCUT2D eigenvalue weighted by atomic mass is 10.0. The Balaban J connectivity index is 3.58. The Kier molecular flexibility index (Phi) is 4.65. The molecular weight excluding hydrogens is 128 g/mol. The van der Waals surface area contributed by atoms with Crippen molar-refractivity contribution >= 4 is 0 Å². The van der Waals surface area contributed by atoms with Gasteiger partial charge in [0.15, 0.2) is 0 Å². The summed E-state index contributed by atoms with van der Waals surface area (Å²) in [4.78, 5) is 0. The van der Waals surface area contributed by atoms with Gasteiger partial charge < -0.3 is 9.84 Å². The molecule has 0 spiro atoms. The fourth-order valence-corrected chi connectivity index (χ4v) is 0.904. The summed E-state index contributed by atoms with van der Waals surface area (Å²) in [5.41, 5.74) is 0. The van der Waals surface area contributed by atoms with Crippen molar-refractivity contribution in [3.8, 4) is 0 Å². The molecule has 0 heterocycles. The molecule has 2 unspecified atom stereocenters. The van der Waals surface area contributed by atoms with Gasteiger partial charge in [-0.25, -0.2) is 0 Å². The maximum Gasteiger partial charge on any atom is 0.0821 e. The van der Waals surface area contributed by atoms with Crippen LogP contribution >= 0.6 is 0 Å². The molecule has 0 amide bonds. The monoisotopic (exact) mass is 146 g/mol. The molecule has 0 rings (SSSR count). The van der Waals surface area contributed by atoms with Gasteiger partial charge >= 0.3 is 0 Å². The van der Waals surface area contributed by atoms with E-state index >= 15 is 0 Å². The number of rotatable bonds is 4. The molecule has 2 atom stereocenters. The molecule has 10 heavy (non-hydrogen) atoms. The molecule has 0 radical (unpaired) electrons. The lowest BCUT2D eigenvalue weighted by molar-refractivity contribution is -0.0414. The first-order valence-corrected chi connectivity index (χ1v) is 3.89. The van der Waals surface area contributed by atoms with E-state index in [9.17, 15) is 5.11 Å². The quantitative estimate of drug-likeness (QED) is 0.650. The van der Waals surface area contributed by atoms with Crippen molar-refractivity contribution in [3.63, 3.8) is 0 Å². The van der Waals surface area contributed by atoms with Crippen LogP contribution in [-0.2, 0) is 4.74 Å². The van der Waals surface area contributed by atoms with Crippen molar-refractivity contribution in [1.29, 1.82) is 0 Å². The molecule has 0 aliphatic rings. The van der Waals surface area contributed by atoms with Crippen molar-refractivity contribution in [2.45, 2.75) is 39.9 Å². The minimum absolute atomic E-state index is 0.0370. The van der Waals surface area contributed by atoms with Gasteiger partial charge in [0.2, 0.25) is 0 Å². The number of aliphatic hydroxyl groups is 1. The van der Waals surface area contributed by atoms with Crippen molar-refractivity contribution in [3.05, 3.63) is 0 Å². The molecule has 0 bridgehead atoms. The second kappa shape index (κ2) is 4.69. The number of ether oxygens (including phenoxy) is 1. The molecule has 0 aromatic rings. The summed E-state index contributed by atoms with van der Waals surface area (Å²) < 4.78 is 5.21. The zero-order chi connectivity index (χ0) is 8.15. The summed E-state index contributed by atoms with van der Waals surface area (Å²) >= 11 is 0. The molecule has 1 N–H and O–H groups in total. The third-order valence-corrected chi connectivity index (χ3v) is 1.59. The first-order valence-electron chi connectivity index (χ1n) is 3.89. The highest BCUT2D eigenvalue weighted by molar-refractivity contribution is 4.66. The Morgan fingerprint density at radius 3 is 2.10 bits per heavy atom. The molecule has 0 aromatic heterocycles. The van der Waals surface area contributed by atoms with E-state index in [2.05, 4.69) is 0 Å². The second-order valence-corrected chi connectivity index (χ2v) is 2.90. The summed E-state index contributed by atoms with van der Waals surface area (Å²) in [5, 5.41) is 9.40. The van der Waals surface area contributed by atoms with Crippen LogP contribution in [0.4, 0.5) is 0 Å². The minimum Gasteiger partial charge on any atom is -0.390 e. The zero-order valence-electron chi connectivity index (χ0n) is 7.29. The van der Waals surface area contributed by atoms with Gasteiger partial charge in [0.25, 0.3) is 0 Å². The van der Waals surface area contributed by atoms with Crippen LogP contribution in [-0.4, -0.2) is 23.9 Å². The van der Waals surface area contributed by atoms with Gasteiger partial charge in [-0.3, -0.25) is 0 Å². The molecule has 0 aliphatic carbocycles. The van der Waals surface area contributed by atoms with Gasteiger partial charge in [-0.1, -0.05) is 13.8 Å². The summed E-state index contributed by atoms with van der Waals surface area (Å²) in [7, 11) is 0. The largest absolute Gasteiger partial charge is 0.390 e. The molecule has 0 fully saturated rings. The third-order valence-electron chi connectivity index (χ3n) is 1.59. The van der Waals surface area contributed by atoms with Crippen LogP contribution in [0.2, 0.25) is 0 Å². The standard InChI is InChI=1S/C8H18O2/c1-5-10-7(4)8(9)6(2)3/h6-9H,5H2,1-4H3. The molecular formula is C8H18O2. The van der Waals surface area contributed by atoms with Gasteiger partial charge in [0.05, 0.1) is 12.2 Å². The molecule has 0 saturated heterocycles.